The molecule has 4 aromatic rings. The molecule has 3 N–H and O–H groups in total. The average molecular weight is 503 g/mol. The number of aromatic nitrogens is 5. The van der Waals surface area contributed by atoms with Crippen molar-refractivity contribution in [2.45, 2.75) is 32.5 Å². The number of carbonyl (C=O) groups is 1. The lowest BCUT2D eigenvalue weighted by Crippen LogP contribution is -2.47. The van der Waals surface area contributed by atoms with Crippen molar-refractivity contribution < 1.29 is 9.90 Å². The van der Waals surface area contributed by atoms with Crippen LogP contribution in [0.3, 0.4) is 0 Å². The highest BCUT2D eigenvalue weighted by Gasteiger charge is 2.29. The van der Waals surface area contributed by atoms with E-state index in [1.54, 1.807) is 6.33 Å². The number of carbonyl (C=O) groups excluding carboxylic acids is 1. The van der Waals surface area contributed by atoms with Crippen molar-refractivity contribution in [3.05, 3.63) is 60.8 Å². The molecule has 5 rings (SSSR count). The fourth-order valence-corrected chi connectivity index (χ4v) is 5.19. The van der Waals surface area contributed by atoms with Crippen molar-refractivity contribution in [2.75, 3.05) is 31.1 Å². The fourth-order valence-electron chi connectivity index (χ4n) is 5.19. The zero-order valence-corrected chi connectivity index (χ0v) is 21.4. The molecule has 37 heavy (non-hydrogen) atoms. The van der Waals surface area contributed by atoms with E-state index in [4.69, 9.17) is 5.73 Å². The third-order valence-electron chi connectivity index (χ3n) is 7.20. The predicted octanol–water partition coefficient (Wildman–Crippen LogP) is 2.03. The first-order valence-electron chi connectivity index (χ1n) is 12.7. The Hall–Kier alpha value is -3.76. The maximum absolute atomic E-state index is 11.2. The molecule has 0 saturated carbocycles. The number of amides is 1. The van der Waals surface area contributed by atoms with Gasteiger partial charge in [-0.15, -0.1) is 0 Å². The Morgan fingerprint density at radius 1 is 1.19 bits per heavy atom. The van der Waals surface area contributed by atoms with Gasteiger partial charge in [0.1, 0.15) is 17.8 Å². The molecule has 2 unspecified atom stereocenters. The number of nitrogens with zero attached hydrogens (tertiary/aromatic N) is 7. The molecular formula is C27H34N8O2. The zero-order valence-electron chi connectivity index (χ0n) is 21.4. The monoisotopic (exact) mass is 502 g/mol. The number of rotatable bonds is 9. The second-order valence-corrected chi connectivity index (χ2v) is 9.83. The number of likely N-dealkylation sites (tertiary alicyclic amines) is 1. The van der Waals surface area contributed by atoms with Gasteiger partial charge in [0.2, 0.25) is 5.91 Å². The Morgan fingerprint density at radius 3 is 2.68 bits per heavy atom. The highest BCUT2D eigenvalue weighted by atomic mass is 16.3. The quantitative estimate of drug-likeness (QED) is 0.359. The van der Waals surface area contributed by atoms with Crippen LogP contribution in [0, 0.1) is 5.92 Å². The van der Waals surface area contributed by atoms with E-state index in [1.165, 1.54) is 5.56 Å². The lowest BCUT2D eigenvalue weighted by atomic mass is 9.93. The van der Waals surface area contributed by atoms with Crippen molar-refractivity contribution in [2.24, 2.45) is 18.7 Å². The molecule has 194 valence electrons. The number of nitrogens with two attached hydrogens (primary N) is 1. The summed E-state index contributed by atoms with van der Waals surface area (Å²) in [7, 11) is 1.92. The molecule has 1 aromatic carbocycles. The van der Waals surface area contributed by atoms with E-state index in [-0.39, 0.29) is 18.4 Å². The van der Waals surface area contributed by atoms with Gasteiger partial charge in [0.05, 0.1) is 24.2 Å². The van der Waals surface area contributed by atoms with Gasteiger partial charge in [0.25, 0.3) is 0 Å². The van der Waals surface area contributed by atoms with Gasteiger partial charge in [-0.05, 0) is 37.1 Å². The third-order valence-corrected chi connectivity index (χ3v) is 7.20. The van der Waals surface area contributed by atoms with Crippen LogP contribution in [0.25, 0.3) is 22.2 Å². The Labute approximate surface area is 216 Å². The summed E-state index contributed by atoms with van der Waals surface area (Å²) < 4.78 is 3.91. The zero-order chi connectivity index (χ0) is 25.9. The van der Waals surface area contributed by atoms with Gasteiger partial charge in [-0.3, -0.25) is 14.4 Å². The fraction of sp³-hybridized carbons (Fsp3) is 0.407. The highest BCUT2D eigenvalue weighted by molar-refractivity contribution is 5.87. The molecule has 10 heteroatoms. The smallest absolute Gasteiger partial charge is 0.231 e. The average Bonchev–Trinajstić information content (AvgIpc) is 3.50. The van der Waals surface area contributed by atoms with Crippen LogP contribution in [-0.4, -0.2) is 72.5 Å². The topological polar surface area (TPSA) is 118 Å². The van der Waals surface area contributed by atoms with E-state index in [0.29, 0.717) is 13.1 Å². The van der Waals surface area contributed by atoms with Gasteiger partial charge < -0.3 is 20.3 Å². The molecule has 3 aromatic heterocycles. The lowest BCUT2D eigenvalue weighted by Gasteiger charge is -2.35. The summed E-state index contributed by atoms with van der Waals surface area (Å²) in [5.74, 6) is 0.620. The molecule has 2 atom stereocenters. The Kier molecular flexibility index (Phi) is 7.20. The number of fused-ring (bicyclic) bond motifs is 1. The number of aryl methyl sites for hydroxylation is 1. The Morgan fingerprint density at radius 2 is 2.00 bits per heavy atom. The number of primary amides is 1. The van der Waals surface area contributed by atoms with Crippen LogP contribution in [0.4, 0.5) is 5.82 Å². The van der Waals surface area contributed by atoms with Gasteiger partial charge in [-0.25, -0.2) is 9.97 Å². The number of hydrogen-bond acceptors (Lipinski definition) is 7. The minimum atomic E-state index is -0.520. The van der Waals surface area contributed by atoms with Crippen LogP contribution >= 0.6 is 0 Å². The van der Waals surface area contributed by atoms with Crippen LogP contribution in [-0.2, 0) is 24.9 Å². The molecule has 1 aliphatic rings. The maximum atomic E-state index is 11.2. The molecule has 0 radical (unpaired) electrons. The van der Waals surface area contributed by atoms with Crippen molar-refractivity contribution in [3.8, 4) is 11.1 Å². The summed E-state index contributed by atoms with van der Waals surface area (Å²) in [5, 5.41) is 16.0. The predicted molar refractivity (Wildman–Crippen MR) is 143 cm³/mol. The summed E-state index contributed by atoms with van der Waals surface area (Å²) in [6, 6.07) is 10.6. The van der Waals surface area contributed by atoms with Gasteiger partial charge in [-0.1, -0.05) is 24.3 Å². The van der Waals surface area contributed by atoms with Crippen LogP contribution in [0.15, 0.2) is 55.2 Å². The van der Waals surface area contributed by atoms with Gasteiger partial charge in [0.15, 0.2) is 0 Å². The molecular weight excluding hydrogens is 468 g/mol. The van der Waals surface area contributed by atoms with E-state index in [2.05, 4.69) is 61.8 Å². The van der Waals surface area contributed by atoms with E-state index in [1.807, 2.05) is 35.2 Å². The summed E-state index contributed by atoms with van der Waals surface area (Å²) >= 11 is 0. The number of hydrogen-bond donors (Lipinski definition) is 2. The van der Waals surface area contributed by atoms with Crippen molar-refractivity contribution in [1.82, 2.24) is 29.2 Å². The summed E-state index contributed by atoms with van der Waals surface area (Å²) in [4.78, 5) is 24.6. The van der Waals surface area contributed by atoms with Crippen LogP contribution in [0.1, 0.15) is 18.9 Å². The van der Waals surface area contributed by atoms with Crippen LogP contribution in [0.5, 0.6) is 0 Å². The number of benzene rings is 1. The summed E-state index contributed by atoms with van der Waals surface area (Å²) in [5.41, 5.74) is 9.62. The normalized spacial score (nSPS) is 18.4. The second-order valence-electron chi connectivity index (χ2n) is 9.83. The van der Waals surface area contributed by atoms with Gasteiger partial charge in [-0.2, -0.15) is 5.10 Å². The standard InChI is InChI=1S/C27H34N8O2/c1-3-34(13-19-4-6-20(7-5-19)22-12-31-32(2)14-22)26-23-9-11-35(27(23)30-18-29-26)15-21-8-10-33(16-24(21)36)17-25(28)37/h4-7,9,11-12,14,18,21,24,36H,3,8,10,13,15-17H2,1-2H3,(H2,28,37). The number of aliphatic hydroxyl groups excluding tert-OH is 1. The molecule has 1 aliphatic heterocycles. The minimum absolute atomic E-state index is 0.0822. The van der Waals surface area contributed by atoms with Crippen LogP contribution in [0.2, 0.25) is 0 Å². The Balaban J connectivity index is 1.31. The van der Waals surface area contributed by atoms with E-state index in [0.717, 1.165) is 54.0 Å². The first-order chi connectivity index (χ1) is 17.9. The molecule has 4 heterocycles. The second kappa shape index (κ2) is 10.7. The highest BCUT2D eigenvalue weighted by Crippen LogP contribution is 2.28. The first-order valence-corrected chi connectivity index (χ1v) is 12.7. The molecule has 0 bridgehead atoms. The van der Waals surface area contributed by atoms with Crippen molar-refractivity contribution in [1.29, 1.82) is 0 Å². The van der Waals surface area contributed by atoms with Gasteiger partial charge in [0, 0.05) is 57.1 Å². The summed E-state index contributed by atoms with van der Waals surface area (Å²) in [6.45, 7) is 5.71. The molecule has 10 nitrogen and oxygen atoms in total. The maximum Gasteiger partial charge on any atom is 0.231 e. The van der Waals surface area contributed by atoms with E-state index in [9.17, 15) is 9.90 Å². The van der Waals surface area contributed by atoms with Crippen LogP contribution < -0.4 is 10.6 Å². The molecule has 0 spiro atoms. The first kappa shape index (κ1) is 24.9. The number of aliphatic hydroxyl groups is 1. The lowest BCUT2D eigenvalue weighted by molar-refractivity contribution is -0.120. The van der Waals surface area contributed by atoms with Crippen molar-refractivity contribution >= 4 is 22.8 Å². The molecule has 0 aliphatic carbocycles. The van der Waals surface area contributed by atoms with E-state index < -0.39 is 6.10 Å². The molecule has 1 fully saturated rings. The largest absolute Gasteiger partial charge is 0.391 e. The molecule has 1 amide bonds. The summed E-state index contributed by atoms with van der Waals surface area (Å²) in [6.07, 6.45) is 7.81. The SMILES string of the molecule is CCN(Cc1ccc(-c2cnn(C)c2)cc1)c1ncnc2c1ccn2CC1CCN(CC(N)=O)CC1O. The third kappa shape index (κ3) is 5.50. The van der Waals surface area contributed by atoms with Gasteiger partial charge >= 0.3 is 0 Å². The molecule has 1 saturated heterocycles. The minimum Gasteiger partial charge on any atom is -0.391 e. The number of anilines is 1. The van der Waals surface area contributed by atoms with E-state index >= 15 is 0 Å². The number of piperidine rings is 1. The van der Waals surface area contributed by atoms with Crippen molar-refractivity contribution in [3.63, 3.8) is 0 Å². The Bertz CT molecular complexity index is 1360. The number of β-amino-alcohol motifs (C(OH)–C–C–N with tert-alkyl or cyclic N) is 1.